The summed E-state index contributed by atoms with van der Waals surface area (Å²) >= 11 is 1.43. The van der Waals surface area contributed by atoms with Gasteiger partial charge in [0.1, 0.15) is 10.8 Å². The van der Waals surface area contributed by atoms with E-state index in [1.165, 1.54) is 11.3 Å². The molecule has 0 aliphatic rings. The van der Waals surface area contributed by atoms with Gasteiger partial charge in [-0.15, -0.1) is 24.8 Å². The molecule has 0 aliphatic heterocycles. The molecule has 100 valence electrons. The van der Waals surface area contributed by atoms with Gasteiger partial charge in [0.25, 0.3) is 0 Å². The summed E-state index contributed by atoms with van der Waals surface area (Å²) in [5, 5.41) is 10.6. The number of benzene rings is 1. The Morgan fingerprint density at radius 2 is 1.84 bits per heavy atom. The predicted octanol–water partition coefficient (Wildman–Crippen LogP) is 3.61. The molecule has 1 aromatic carbocycles. The molecule has 0 fully saturated rings. The summed E-state index contributed by atoms with van der Waals surface area (Å²) in [6.45, 7) is 1.95. The molecule has 0 amide bonds. The third-order valence-corrected chi connectivity index (χ3v) is 3.48. The van der Waals surface area contributed by atoms with Crippen molar-refractivity contribution >= 4 is 46.6 Å². The molecule has 0 saturated heterocycles. The summed E-state index contributed by atoms with van der Waals surface area (Å²) in [6, 6.07) is 5.43. The van der Waals surface area contributed by atoms with E-state index in [9.17, 15) is 5.11 Å². The monoisotopic (exact) mass is 315 g/mol. The van der Waals surface area contributed by atoms with Crippen molar-refractivity contribution in [3.05, 3.63) is 36.2 Å². The molecule has 19 heavy (non-hydrogen) atoms. The summed E-state index contributed by atoms with van der Waals surface area (Å²) in [4.78, 5) is 13.5. The van der Waals surface area contributed by atoms with E-state index in [1.54, 1.807) is 18.5 Å². The maximum absolute atomic E-state index is 9.90. The van der Waals surface area contributed by atoms with E-state index in [0.717, 1.165) is 21.0 Å². The molecule has 0 saturated carbocycles. The molecule has 0 radical (unpaired) electrons. The first-order valence-corrected chi connectivity index (χ1v) is 5.94. The molecule has 3 aromatic rings. The van der Waals surface area contributed by atoms with Gasteiger partial charge in [0.2, 0.25) is 0 Å². The Labute approximate surface area is 126 Å². The van der Waals surface area contributed by atoms with Gasteiger partial charge in [-0.1, -0.05) is 23.5 Å². The molecule has 1 N–H and O–H groups in total. The number of phenolic OH excluding ortho intramolecular Hbond substituents is 1. The third kappa shape index (κ3) is 2.78. The van der Waals surface area contributed by atoms with Crippen LogP contribution >= 0.6 is 36.2 Å². The second kappa shape index (κ2) is 6.14. The average molecular weight is 316 g/mol. The van der Waals surface area contributed by atoms with Crippen LogP contribution in [0.3, 0.4) is 0 Å². The van der Waals surface area contributed by atoms with Crippen molar-refractivity contribution in [1.29, 1.82) is 0 Å². The minimum atomic E-state index is 0. The topological polar surface area (TPSA) is 58.9 Å². The molecule has 2 aromatic heterocycles. The van der Waals surface area contributed by atoms with Gasteiger partial charge >= 0.3 is 0 Å². The second-order valence-corrected chi connectivity index (χ2v) is 4.65. The van der Waals surface area contributed by atoms with Gasteiger partial charge in [-0.05, 0) is 18.6 Å². The molecule has 2 heterocycles. The van der Waals surface area contributed by atoms with Crippen molar-refractivity contribution in [2.75, 3.05) is 0 Å². The Kier molecular flexibility index (Phi) is 5.05. The first-order chi connectivity index (χ1) is 8.25. The van der Waals surface area contributed by atoms with Crippen molar-refractivity contribution in [3.63, 3.8) is 0 Å². The zero-order valence-corrected chi connectivity index (χ0v) is 12.3. The predicted molar refractivity (Wildman–Crippen MR) is 81.5 cm³/mol. The normalized spacial score (nSPS) is 9.74. The highest BCUT2D eigenvalue weighted by Gasteiger charge is 2.13. The fourth-order valence-electron chi connectivity index (χ4n) is 1.71. The molecule has 0 spiro atoms. The Morgan fingerprint density at radius 1 is 1.11 bits per heavy atom. The molecular weight excluding hydrogens is 305 g/mol. The number of thiazole rings is 1. The Bertz CT molecular complexity index is 649. The number of fused-ring (bicyclic) bond motifs is 1. The van der Waals surface area contributed by atoms with Crippen LogP contribution in [0.4, 0.5) is 0 Å². The highest BCUT2D eigenvalue weighted by atomic mass is 35.5. The van der Waals surface area contributed by atoms with E-state index in [1.807, 2.05) is 19.1 Å². The van der Waals surface area contributed by atoms with Crippen LogP contribution < -0.4 is 0 Å². The van der Waals surface area contributed by atoms with Gasteiger partial charge in [0.05, 0.1) is 5.56 Å². The second-order valence-electron chi connectivity index (χ2n) is 3.67. The van der Waals surface area contributed by atoms with Gasteiger partial charge in [-0.2, -0.15) is 0 Å². The Hall–Kier alpha value is -1.43. The smallest absolute Gasteiger partial charge is 0.190 e. The quantitative estimate of drug-likeness (QED) is 0.745. The first kappa shape index (κ1) is 15.6. The lowest BCUT2D eigenvalue weighted by atomic mass is 10.1. The number of hydrogen-bond acceptors (Lipinski definition) is 5. The number of nitrogens with zero attached hydrogens (tertiary/aromatic N) is 3. The zero-order valence-electron chi connectivity index (χ0n) is 9.90. The number of rotatable bonds is 1. The largest absolute Gasteiger partial charge is 0.507 e. The van der Waals surface area contributed by atoms with Crippen molar-refractivity contribution < 1.29 is 5.11 Å². The van der Waals surface area contributed by atoms with Crippen LogP contribution in [-0.4, -0.2) is 20.1 Å². The average Bonchev–Trinajstić information content (AvgIpc) is 2.71. The molecule has 7 heteroatoms. The van der Waals surface area contributed by atoms with E-state index in [2.05, 4.69) is 15.0 Å². The van der Waals surface area contributed by atoms with Crippen LogP contribution in [0.2, 0.25) is 0 Å². The maximum Gasteiger partial charge on any atom is 0.190 e. The van der Waals surface area contributed by atoms with E-state index in [-0.39, 0.29) is 30.6 Å². The van der Waals surface area contributed by atoms with E-state index in [4.69, 9.17) is 0 Å². The summed E-state index contributed by atoms with van der Waals surface area (Å²) in [5.41, 5.74) is 2.37. The zero-order chi connectivity index (χ0) is 11.8. The molecule has 0 atom stereocenters. The van der Waals surface area contributed by atoms with Gasteiger partial charge in [0.15, 0.2) is 10.5 Å². The summed E-state index contributed by atoms with van der Waals surface area (Å²) < 4.78 is 0. The lowest BCUT2D eigenvalue weighted by molar-refractivity contribution is 0.477. The minimum Gasteiger partial charge on any atom is -0.507 e. The van der Waals surface area contributed by atoms with E-state index in [0.29, 0.717) is 5.65 Å². The number of aromatic nitrogens is 3. The van der Waals surface area contributed by atoms with Crippen LogP contribution in [-0.2, 0) is 0 Å². The van der Waals surface area contributed by atoms with Gasteiger partial charge in [-0.3, -0.25) is 0 Å². The third-order valence-electron chi connectivity index (χ3n) is 2.51. The van der Waals surface area contributed by atoms with Crippen molar-refractivity contribution in [2.24, 2.45) is 0 Å². The fraction of sp³-hybridized carbons (Fsp3) is 0.0833. The molecule has 0 unspecified atom stereocenters. The van der Waals surface area contributed by atoms with E-state index < -0.39 is 0 Å². The fourth-order valence-corrected chi connectivity index (χ4v) is 2.70. The van der Waals surface area contributed by atoms with Crippen LogP contribution in [0, 0.1) is 6.92 Å². The van der Waals surface area contributed by atoms with Crippen molar-refractivity contribution in [1.82, 2.24) is 15.0 Å². The van der Waals surface area contributed by atoms with E-state index >= 15 is 0 Å². The lowest BCUT2D eigenvalue weighted by Crippen LogP contribution is -1.83. The number of hydrogen-bond donors (Lipinski definition) is 1. The van der Waals surface area contributed by atoms with Gasteiger partial charge in [0, 0.05) is 12.4 Å². The molecule has 3 rings (SSSR count). The number of phenols is 1. The first-order valence-electron chi connectivity index (χ1n) is 5.12. The highest BCUT2D eigenvalue weighted by Crippen LogP contribution is 2.35. The van der Waals surface area contributed by atoms with Crippen molar-refractivity contribution in [3.8, 4) is 16.3 Å². The molecule has 4 nitrogen and oxygen atoms in total. The van der Waals surface area contributed by atoms with Gasteiger partial charge < -0.3 is 5.11 Å². The van der Waals surface area contributed by atoms with Crippen molar-refractivity contribution in [2.45, 2.75) is 6.92 Å². The van der Waals surface area contributed by atoms with Crippen LogP contribution in [0.5, 0.6) is 5.75 Å². The summed E-state index contributed by atoms with van der Waals surface area (Å²) in [5.74, 6) is 0.240. The maximum atomic E-state index is 9.90. The summed E-state index contributed by atoms with van der Waals surface area (Å²) in [6.07, 6.45) is 3.26. The molecule has 0 bridgehead atoms. The number of aryl methyl sites for hydroxylation is 1. The minimum absolute atomic E-state index is 0. The summed E-state index contributed by atoms with van der Waals surface area (Å²) in [7, 11) is 0. The van der Waals surface area contributed by atoms with Crippen LogP contribution in [0.1, 0.15) is 5.56 Å². The Balaban J connectivity index is 0.000000902. The Morgan fingerprint density at radius 3 is 2.53 bits per heavy atom. The molecular formula is C12H11Cl2N3OS. The van der Waals surface area contributed by atoms with Gasteiger partial charge in [-0.25, -0.2) is 15.0 Å². The number of halogens is 2. The van der Waals surface area contributed by atoms with Crippen LogP contribution in [0.15, 0.2) is 30.6 Å². The molecule has 0 aliphatic carbocycles. The standard InChI is InChI=1S/C12H9N3OS.2ClH/c1-7-3-2-4-8(16)9(7)11-15-10-12(17-11)14-6-5-13-10;;/h2-6,16H,1H3;2*1H. The van der Waals surface area contributed by atoms with Crippen LogP contribution in [0.25, 0.3) is 21.0 Å². The SMILES string of the molecule is Cc1cccc(O)c1-c1nc2nccnc2s1.Cl.Cl. The lowest BCUT2D eigenvalue weighted by Gasteiger charge is -2.03. The number of aromatic hydroxyl groups is 1. The highest BCUT2D eigenvalue weighted by molar-refractivity contribution is 7.21.